The number of aromatic amines is 1. The summed E-state index contributed by atoms with van der Waals surface area (Å²) in [6, 6.07) is 3.70. The van der Waals surface area contributed by atoms with Crippen LogP contribution in [0.1, 0.15) is 49.0 Å². The molecule has 6 heteroatoms. The van der Waals surface area contributed by atoms with E-state index in [-0.39, 0.29) is 11.4 Å². The van der Waals surface area contributed by atoms with Crippen molar-refractivity contribution < 1.29 is 19.0 Å². The number of nitrogens with one attached hydrogen (secondary N) is 2. The van der Waals surface area contributed by atoms with Crippen molar-refractivity contribution in [2.45, 2.75) is 44.1 Å². The van der Waals surface area contributed by atoms with Crippen molar-refractivity contribution in [2.24, 2.45) is 17.8 Å². The minimum Gasteiger partial charge on any atom is -0.493 e. The Morgan fingerprint density at radius 2 is 1.57 bits per heavy atom. The maximum absolute atomic E-state index is 13.2. The highest BCUT2D eigenvalue weighted by atomic mass is 16.5. The van der Waals surface area contributed by atoms with E-state index in [1.54, 1.807) is 21.3 Å². The molecule has 6 nitrogen and oxygen atoms in total. The van der Waals surface area contributed by atoms with Gasteiger partial charge < -0.3 is 24.5 Å². The van der Waals surface area contributed by atoms with E-state index in [1.807, 2.05) is 12.1 Å². The number of benzene rings is 1. The van der Waals surface area contributed by atoms with Crippen molar-refractivity contribution in [3.63, 3.8) is 0 Å². The summed E-state index contributed by atoms with van der Waals surface area (Å²) in [6.07, 6.45) is 7.48. The fourth-order valence-electron chi connectivity index (χ4n) is 6.44. The molecule has 4 bridgehead atoms. The van der Waals surface area contributed by atoms with Gasteiger partial charge in [-0.1, -0.05) is 0 Å². The smallest absolute Gasteiger partial charge is 0.268 e. The maximum Gasteiger partial charge on any atom is 0.268 e. The molecule has 0 aliphatic heterocycles. The molecular formula is C22H28N2O4. The van der Waals surface area contributed by atoms with Crippen molar-refractivity contribution in [2.75, 3.05) is 21.3 Å². The molecule has 28 heavy (non-hydrogen) atoms. The van der Waals surface area contributed by atoms with E-state index in [4.69, 9.17) is 14.2 Å². The molecule has 1 aromatic heterocycles. The first-order valence-electron chi connectivity index (χ1n) is 10.2. The van der Waals surface area contributed by atoms with E-state index in [0.717, 1.165) is 47.9 Å². The molecule has 0 unspecified atom stereocenters. The fourth-order valence-corrected chi connectivity index (χ4v) is 6.44. The van der Waals surface area contributed by atoms with E-state index < -0.39 is 0 Å². The highest BCUT2D eigenvalue weighted by Gasteiger charge is 2.51. The Balaban J connectivity index is 1.47. The molecular weight excluding hydrogens is 356 g/mol. The molecule has 1 aromatic carbocycles. The van der Waals surface area contributed by atoms with E-state index in [9.17, 15) is 4.79 Å². The number of hydrogen-bond acceptors (Lipinski definition) is 4. The summed E-state index contributed by atoms with van der Waals surface area (Å²) < 4.78 is 16.4. The minimum atomic E-state index is -0.0295. The molecule has 4 saturated carbocycles. The number of methoxy groups -OCH3 is 3. The van der Waals surface area contributed by atoms with Crippen molar-refractivity contribution in [1.82, 2.24) is 10.3 Å². The third kappa shape index (κ3) is 2.65. The van der Waals surface area contributed by atoms with Crippen LogP contribution in [0.15, 0.2) is 12.1 Å². The Morgan fingerprint density at radius 1 is 0.964 bits per heavy atom. The Morgan fingerprint density at radius 3 is 2.11 bits per heavy atom. The summed E-state index contributed by atoms with van der Waals surface area (Å²) >= 11 is 0. The number of H-pyrrole nitrogens is 1. The van der Waals surface area contributed by atoms with Gasteiger partial charge in [-0.05, 0) is 62.3 Å². The van der Waals surface area contributed by atoms with Crippen LogP contribution in [0.3, 0.4) is 0 Å². The molecule has 4 fully saturated rings. The zero-order chi connectivity index (χ0) is 19.5. The Kier molecular flexibility index (Phi) is 4.00. The van der Waals surface area contributed by atoms with Gasteiger partial charge in [0, 0.05) is 17.0 Å². The van der Waals surface area contributed by atoms with Crippen LogP contribution in [0.5, 0.6) is 17.2 Å². The minimum absolute atomic E-state index is 0.0113. The second-order valence-corrected chi connectivity index (χ2v) is 8.94. The van der Waals surface area contributed by atoms with Crippen LogP contribution in [0.2, 0.25) is 0 Å². The lowest BCUT2D eigenvalue weighted by molar-refractivity contribution is -0.0167. The molecule has 2 aromatic rings. The highest BCUT2D eigenvalue weighted by molar-refractivity contribution is 6.01. The van der Waals surface area contributed by atoms with E-state index in [0.29, 0.717) is 22.9 Å². The summed E-state index contributed by atoms with van der Waals surface area (Å²) in [5.41, 5.74) is 1.34. The summed E-state index contributed by atoms with van der Waals surface area (Å²) in [6.45, 7) is 0. The lowest BCUT2D eigenvalue weighted by Crippen LogP contribution is -2.59. The Hall–Kier alpha value is -2.37. The first-order chi connectivity index (χ1) is 13.5. The molecule has 2 N–H and O–H groups in total. The molecule has 4 aliphatic rings. The van der Waals surface area contributed by atoms with Gasteiger partial charge in [-0.15, -0.1) is 0 Å². The van der Waals surface area contributed by atoms with Crippen LogP contribution in [-0.2, 0) is 0 Å². The first-order valence-corrected chi connectivity index (χ1v) is 10.2. The zero-order valence-electron chi connectivity index (χ0n) is 16.8. The topological polar surface area (TPSA) is 72.6 Å². The zero-order valence-corrected chi connectivity index (χ0v) is 16.8. The van der Waals surface area contributed by atoms with Crippen molar-refractivity contribution in [3.8, 4) is 17.2 Å². The van der Waals surface area contributed by atoms with Crippen LogP contribution >= 0.6 is 0 Å². The normalized spacial score (nSPS) is 30.5. The fraction of sp³-hybridized carbons (Fsp3) is 0.591. The number of amides is 1. The lowest BCUT2D eigenvalue weighted by atomic mass is 9.53. The van der Waals surface area contributed by atoms with Gasteiger partial charge in [0.2, 0.25) is 5.75 Å². The number of ether oxygens (including phenoxy) is 3. The van der Waals surface area contributed by atoms with Gasteiger partial charge >= 0.3 is 0 Å². The van der Waals surface area contributed by atoms with Gasteiger partial charge in [-0.2, -0.15) is 0 Å². The third-order valence-electron chi connectivity index (χ3n) is 7.09. The van der Waals surface area contributed by atoms with E-state index in [2.05, 4.69) is 10.3 Å². The molecule has 0 spiro atoms. The second-order valence-electron chi connectivity index (χ2n) is 8.94. The second kappa shape index (κ2) is 6.33. The van der Waals surface area contributed by atoms with Gasteiger partial charge in [0.1, 0.15) is 5.69 Å². The molecule has 0 radical (unpaired) electrons. The highest BCUT2D eigenvalue weighted by Crippen LogP contribution is 2.55. The van der Waals surface area contributed by atoms with Crippen LogP contribution in [0, 0.1) is 17.8 Å². The molecule has 1 heterocycles. The Labute approximate surface area is 164 Å². The SMILES string of the molecule is COc1cc2[nH]c(C(=O)NC34CC5CC(CC(C5)C3)C4)cc2c(OC)c1OC. The number of rotatable bonds is 5. The van der Waals surface area contributed by atoms with Gasteiger partial charge in [0.15, 0.2) is 11.5 Å². The molecule has 1 amide bonds. The number of carbonyl (C=O) groups excluding carboxylic acids is 1. The summed E-state index contributed by atoms with van der Waals surface area (Å²) in [4.78, 5) is 16.4. The van der Waals surface area contributed by atoms with Crippen molar-refractivity contribution >= 4 is 16.8 Å². The molecule has 4 aliphatic carbocycles. The van der Waals surface area contributed by atoms with Crippen LogP contribution in [0.25, 0.3) is 10.9 Å². The molecule has 0 atom stereocenters. The number of aromatic nitrogens is 1. The molecule has 6 rings (SSSR count). The van der Waals surface area contributed by atoms with Crippen molar-refractivity contribution in [1.29, 1.82) is 0 Å². The first kappa shape index (κ1) is 17.7. The lowest BCUT2D eigenvalue weighted by Gasteiger charge is -2.56. The average Bonchev–Trinajstić information content (AvgIpc) is 3.08. The van der Waals surface area contributed by atoms with Gasteiger partial charge in [0.05, 0.1) is 26.8 Å². The standard InChI is InChI=1S/C22H28N2O4/c1-26-18-8-16-15(19(27-2)20(18)28-3)7-17(23-16)21(25)24-22-9-12-4-13(10-22)6-14(5-12)11-22/h7-8,12-14,23H,4-6,9-11H2,1-3H3,(H,24,25). The predicted molar refractivity (Wildman–Crippen MR) is 106 cm³/mol. The predicted octanol–water partition coefficient (Wildman–Crippen LogP) is 3.89. The summed E-state index contributed by atoms with van der Waals surface area (Å²) in [5.74, 6) is 4.03. The molecule has 0 saturated heterocycles. The quantitative estimate of drug-likeness (QED) is 0.820. The summed E-state index contributed by atoms with van der Waals surface area (Å²) in [5, 5.41) is 4.24. The monoisotopic (exact) mass is 384 g/mol. The van der Waals surface area contributed by atoms with E-state index >= 15 is 0 Å². The maximum atomic E-state index is 13.2. The van der Waals surface area contributed by atoms with Gasteiger partial charge in [-0.25, -0.2) is 0 Å². The largest absolute Gasteiger partial charge is 0.493 e. The average molecular weight is 384 g/mol. The van der Waals surface area contributed by atoms with Crippen molar-refractivity contribution in [3.05, 3.63) is 17.8 Å². The van der Waals surface area contributed by atoms with Gasteiger partial charge in [0.25, 0.3) is 5.91 Å². The van der Waals surface area contributed by atoms with Gasteiger partial charge in [-0.3, -0.25) is 4.79 Å². The van der Waals surface area contributed by atoms with Crippen LogP contribution in [0.4, 0.5) is 0 Å². The number of hydrogen-bond donors (Lipinski definition) is 2. The number of carbonyl (C=O) groups is 1. The Bertz CT molecular complexity index is 897. The summed E-state index contributed by atoms with van der Waals surface area (Å²) in [7, 11) is 4.77. The van der Waals surface area contributed by atoms with E-state index in [1.165, 1.54) is 19.3 Å². The van der Waals surface area contributed by atoms with Crippen LogP contribution in [-0.4, -0.2) is 37.8 Å². The number of fused-ring (bicyclic) bond motifs is 1. The third-order valence-corrected chi connectivity index (χ3v) is 7.09. The molecule has 150 valence electrons. The van der Waals surface area contributed by atoms with Crippen LogP contribution < -0.4 is 19.5 Å².